The lowest BCUT2D eigenvalue weighted by Gasteiger charge is -2.25. The van der Waals surface area contributed by atoms with E-state index in [-0.39, 0.29) is 178 Å². The van der Waals surface area contributed by atoms with Gasteiger partial charge in [-0.25, -0.2) is 19.4 Å². The van der Waals surface area contributed by atoms with Crippen molar-refractivity contribution in [3.63, 3.8) is 0 Å². The summed E-state index contributed by atoms with van der Waals surface area (Å²) < 4.78 is 11.3. The average Bonchev–Trinajstić information content (AvgIpc) is 1.85. The Bertz CT molecular complexity index is 3980. The van der Waals surface area contributed by atoms with E-state index in [9.17, 15) is 86.9 Å². The third-order valence-electron chi connectivity index (χ3n) is 24.1. The van der Waals surface area contributed by atoms with Crippen molar-refractivity contribution in [2.75, 3.05) is 45.9 Å². The number of aliphatic carboxylic acids is 2. The highest BCUT2D eigenvalue weighted by molar-refractivity contribution is 5.94. The van der Waals surface area contributed by atoms with Crippen LogP contribution in [0.1, 0.15) is 343 Å². The quantitative estimate of drug-likeness (QED) is 0.0233. The number of unbranched alkanes of at least 4 members (excludes halogenated alkanes) is 20. The van der Waals surface area contributed by atoms with E-state index < -0.39 is 83.4 Å². The van der Waals surface area contributed by atoms with Gasteiger partial charge < -0.3 is 95.5 Å². The summed E-state index contributed by atoms with van der Waals surface area (Å²) in [5.41, 5.74) is 31.1. The van der Waals surface area contributed by atoms with E-state index in [4.69, 9.17) is 48.4 Å². The minimum absolute atomic E-state index is 0.000290. The van der Waals surface area contributed by atoms with E-state index in [1.165, 1.54) is 37.5 Å². The van der Waals surface area contributed by atoms with Crippen LogP contribution < -0.4 is 70.0 Å². The maximum absolute atomic E-state index is 14.1. The van der Waals surface area contributed by atoms with Crippen molar-refractivity contribution < 1.29 is 107 Å². The standard InChI is InChI=1S/C98H157N13O22/c1-68(112)83(39-25-29-59-108-92(122)80(101)37-19-15-20-40-85(115)78(99)35-23-27-56-105-89(119)55-47-72(96(128)129)62-75(114)34-16-10-6-4-8-12-30-60-132-76-49-42-70(43-50-76)94(124)125)109-66-87(117)69(46-54-88(118)98(2,3)64-86(116)82(103)63-73-65-104-67-110-73)32-22-26-57-106-93(123)81(102)38-24-28-58-107-91(121)79(100)36-18-14-17-33-74(113)48-53-84(97(130)131)111-90(120)41-21-11-7-5-9-13-31-61-133-77-51-44-71(45-52-77)95(126)127/h42-45,49-52,65,67,69,72,78-84,109H,4-41,46-48,53-64,66,99-103H2,1-3H3,(H,104,110)(H,105,119)(H,106,123)(H,107,121)(H,108,122)(H,111,120)(H,124,125)(H,126,127)(H,128,129)(H,130,131)/t69-,72-,78+,79+,80+,81+,82+,83+,84+/m1/s1. The maximum Gasteiger partial charge on any atom is 0.335 e. The fourth-order valence-corrected chi connectivity index (χ4v) is 15.4. The van der Waals surface area contributed by atoms with Crippen LogP contribution in [0.3, 0.4) is 0 Å². The van der Waals surface area contributed by atoms with Gasteiger partial charge in [0.1, 0.15) is 52.2 Å². The smallest absolute Gasteiger partial charge is 0.335 e. The van der Waals surface area contributed by atoms with Gasteiger partial charge in [-0.15, -0.1) is 0 Å². The topological polar surface area (TPSA) is 603 Å². The Morgan fingerprint density at radius 2 is 0.820 bits per heavy atom. The van der Waals surface area contributed by atoms with Crippen LogP contribution in [-0.2, 0) is 73.5 Å². The fourth-order valence-electron chi connectivity index (χ4n) is 15.4. The highest BCUT2D eigenvalue weighted by Gasteiger charge is 2.34. The number of amides is 5. The Hall–Kier alpha value is -10.1. The van der Waals surface area contributed by atoms with Gasteiger partial charge in [0.15, 0.2) is 5.78 Å². The molecule has 0 unspecified atom stereocenters. The first kappa shape index (κ1) is 117. The molecule has 21 N–H and O–H groups in total. The molecule has 0 radical (unpaired) electrons. The van der Waals surface area contributed by atoms with Gasteiger partial charge in [-0.05, 0) is 197 Å². The Labute approximate surface area is 784 Å². The predicted molar refractivity (Wildman–Crippen MR) is 505 cm³/mol. The van der Waals surface area contributed by atoms with Crippen molar-refractivity contribution in [3.8, 4) is 11.5 Å². The number of hydrogen-bond donors (Lipinski definition) is 16. The number of ether oxygens (including phenoxy) is 2. The number of nitrogens with two attached hydrogens (primary N) is 5. The maximum atomic E-state index is 14.1. The van der Waals surface area contributed by atoms with E-state index in [0.717, 1.165) is 77.0 Å². The first-order chi connectivity index (χ1) is 63.6. The number of nitrogens with zero attached hydrogens (tertiary/aromatic N) is 1. The lowest BCUT2D eigenvalue weighted by molar-refractivity contribution is -0.144. The second-order valence-corrected chi connectivity index (χ2v) is 36.0. The van der Waals surface area contributed by atoms with Gasteiger partial charge in [0.2, 0.25) is 29.5 Å². The number of aromatic amines is 1. The Balaban J connectivity index is 1.28. The van der Waals surface area contributed by atoms with Crippen molar-refractivity contribution in [2.24, 2.45) is 45.9 Å². The Morgan fingerprint density at radius 1 is 0.391 bits per heavy atom. The number of nitrogens with one attached hydrogen (secondary N) is 7. The molecule has 0 aliphatic rings. The third kappa shape index (κ3) is 55.4. The fraction of sp³-hybridized carbons (Fsp3) is 0.684. The number of ketones is 7. The van der Waals surface area contributed by atoms with Crippen LogP contribution in [0.2, 0.25) is 0 Å². The number of carboxylic acids is 4. The zero-order valence-corrected chi connectivity index (χ0v) is 79.1. The molecule has 1 aromatic heterocycles. The SMILES string of the molecule is CC(=O)[C@H](CCCCNC(=O)[C@@H](N)CCCCCC(=O)[C@@H](N)CCCCNC(=O)CC[C@H](CC(=O)CCCCCCCCCOc1ccc(C(=O)O)cc1)C(=O)O)NCC(=O)[C@H](CCCCNC(=O)[C@@H](N)CCCCNC(=O)[C@@H](N)CCCCCC(=O)CC[C@H](NC(=O)CCCCCCCCCOc1ccc(C(=O)O)cc1)C(=O)O)CCC(=O)C(C)(C)CC(=O)[C@@H](N)Cc1cnc[nH]1. The van der Waals surface area contributed by atoms with Gasteiger partial charge in [-0.1, -0.05) is 110 Å². The lowest BCUT2D eigenvalue weighted by atomic mass is 9.78. The Kier molecular flexibility index (Phi) is 61.4. The highest BCUT2D eigenvalue weighted by Crippen LogP contribution is 2.29. The van der Waals surface area contributed by atoms with Crippen molar-refractivity contribution in [1.82, 2.24) is 41.9 Å². The van der Waals surface area contributed by atoms with Gasteiger partial charge >= 0.3 is 23.9 Å². The van der Waals surface area contributed by atoms with Crippen LogP contribution >= 0.6 is 0 Å². The molecule has 0 aliphatic heterocycles. The Morgan fingerprint density at radius 3 is 1.29 bits per heavy atom. The summed E-state index contributed by atoms with van der Waals surface area (Å²) in [5, 5.41) is 54.5. The molecule has 133 heavy (non-hydrogen) atoms. The number of rotatable bonds is 85. The lowest BCUT2D eigenvalue weighted by Crippen LogP contribution is -2.42. The molecule has 746 valence electrons. The van der Waals surface area contributed by atoms with Crippen LogP contribution in [0.15, 0.2) is 61.1 Å². The molecule has 3 aromatic rings. The number of Topliss-reactive ketones (excluding diaryl/α,β-unsaturated/α-hetero) is 7. The minimum atomic E-state index is -1.20. The normalized spacial score (nSPS) is 13.4. The van der Waals surface area contributed by atoms with Gasteiger partial charge in [0, 0.05) is 114 Å². The predicted octanol–water partition coefficient (Wildman–Crippen LogP) is 10.4. The molecule has 35 nitrogen and oxygen atoms in total. The number of hydrogen-bond acceptors (Lipinski definition) is 25. The molecule has 0 saturated heterocycles. The van der Waals surface area contributed by atoms with Gasteiger partial charge in [0.05, 0.1) is 79.4 Å². The molecule has 0 spiro atoms. The highest BCUT2D eigenvalue weighted by atomic mass is 16.5. The molecule has 0 aliphatic carbocycles. The number of carboxylic acid groups (broad SMARTS) is 4. The summed E-state index contributed by atoms with van der Waals surface area (Å²) in [7, 11) is 0. The van der Waals surface area contributed by atoms with E-state index in [1.54, 1.807) is 44.3 Å². The third-order valence-corrected chi connectivity index (χ3v) is 24.1. The molecule has 9 atom stereocenters. The van der Waals surface area contributed by atoms with Crippen molar-refractivity contribution in [1.29, 1.82) is 0 Å². The monoisotopic (exact) mass is 1870 g/mol. The van der Waals surface area contributed by atoms with Gasteiger partial charge in [-0.3, -0.25) is 62.3 Å². The van der Waals surface area contributed by atoms with E-state index >= 15 is 0 Å². The summed E-state index contributed by atoms with van der Waals surface area (Å²) in [6, 6.07) is 6.79. The van der Waals surface area contributed by atoms with E-state index in [1.807, 2.05) is 0 Å². The minimum Gasteiger partial charge on any atom is -0.494 e. The van der Waals surface area contributed by atoms with Crippen molar-refractivity contribution in [2.45, 2.75) is 365 Å². The molecule has 3 rings (SSSR count). The first-order valence-electron chi connectivity index (χ1n) is 48.5. The largest absolute Gasteiger partial charge is 0.494 e. The summed E-state index contributed by atoms with van der Waals surface area (Å²) in [6.45, 7) is 6.88. The van der Waals surface area contributed by atoms with Crippen molar-refractivity contribution in [3.05, 3.63) is 77.9 Å². The second kappa shape index (κ2) is 69.7. The van der Waals surface area contributed by atoms with Crippen LogP contribution in [0.5, 0.6) is 11.5 Å². The summed E-state index contributed by atoms with van der Waals surface area (Å²) in [4.78, 5) is 209. The summed E-state index contributed by atoms with van der Waals surface area (Å²) >= 11 is 0. The number of H-pyrrole nitrogens is 1. The number of imidazole rings is 1. The van der Waals surface area contributed by atoms with Crippen LogP contribution in [0, 0.1) is 17.3 Å². The number of carbonyl (C=O) groups excluding carboxylic acids is 12. The van der Waals surface area contributed by atoms with Crippen LogP contribution in [0.25, 0.3) is 0 Å². The zero-order chi connectivity index (χ0) is 98.1. The van der Waals surface area contributed by atoms with Gasteiger partial charge in [0.25, 0.3) is 0 Å². The molecule has 0 saturated carbocycles. The molecule has 1 heterocycles. The molecule has 0 fully saturated rings. The molecular formula is C98H157N13O22. The zero-order valence-electron chi connectivity index (χ0n) is 79.1. The molecule has 5 amide bonds. The molecule has 35 heteroatoms. The number of carbonyl (C=O) groups is 16. The van der Waals surface area contributed by atoms with Gasteiger partial charge in [-0.2, -0.15) is 0 Å². The molecular weight excluding hydrogens is 1710 g/mol. The number of aromatic carboxylic acids is 2. The molecule has 0 bridgehead atoms. The second-order valence-electron chi connectivity index (χ2n) is 36.0. The number of aromatic nitrogens is 2. The van der Waals surface area contributed by atoms with Crippen LogP contribution in [0.4, 0.5) is 0 Å². The number of benzene rings is 2. The summed E-state index contributed by atoms with van der Waals surface area (Å²) in [5.74, 6) is -7.59. The van der Waals surface area contributed by atoms with Crippen molar-refractivity contribution >= 4 is 93.9 Å². The summed E-state index contributed by atoms with van der Waals surface area (Å²) in [6.07, 6.45) is 26.8. The van der Waals surface area contributed by atoms with E-state index in [2.05, 4.69) is 41.9 Å². The first-order valence-corrected chi connectivity index (χ1v) is 48.5. The average molecular weight is 1870 g/mol. The van der Waals surface area contributed by atoms with Crippen LogP contribution in [-0.4, -0.2) is 213 Å². The molecule has 2 aromatic carbocycles. The van der Waals surface area contributed by atoms with E-state index in [0.29, 0.717) is 191 Å².